The van der Waals surface area contributed by atoms with Gasteiger partial charge in [0.2, 0.25) is 0 Å². The standard InChI is InChI=1S/C22H27IN4O3/c1-15-5-7-17(13-18(15)23)25-20(28)16-6-8-19(24-14-16)26-9-11-27(12-10-26)21(29)30-22(2,3)4/h5-8,13-14H,9-12H2,1-4H3,(H,25,28). The number of ether oxygens (including phenoxy) is 1. The third kappa shape index (κ3) is 5.84. The molecule has 2 aromatic rings. The molecule has 1 aromatic heterocycles. The van der Waals surface area contributed by atoms with Crippen LogP contribution in [-0.2, 0) is 4.74 Å². The van der Waals surface area contributed by atoms with Crippen molar-refractivity contribution in [1.82, 2.24) is 9.88 Å². The molecular weight excluding hydrogens is 495 g/mol. The SMILES string of the molecule is Cc1ccc(NC(=O)c2ccc(N3CCN(C(=O)OC(C)(C)C)CC3)nc2)cc1I. The zero-order valence-corrected chi connectivity index (χ0v) is 19.9. The van der Waals surface area contributed by atoms with Crippen LogP contribution in [0, 0.1) is 10.5 Å². The largest absolute Gasteiger partial charge is 0.444 e. The van der Waals surface area contributed by atoms with Gasteiger partial charge in [-0.15, -0.1) is 0 Å². The molecule has 0 spiro atoms. The number of amides is 2. The van der Waals surface area contributed by atoms with Gasteiger partial charge in [-0.05, 0) is 80.1 Å². The second-order valence-corrected chi connectivity index (χ2v) is 9.44. The van der Waals surface area contributed by atoms with Crippen molar-refractivity contribution >= 4 is 46.1 Å². The van der Waals surface area contributed by atoms with Gasteiger partial charge >= 0.3 is 6.09 Å². The Morgan fingerprint density at radius 1 is 1.10 bits per heavy atom. The van der Waals surface area contributed by atoms with Crippen LogP contribution in [0.4, 0.5) is 16.3 Å². The molecule has 1 fully saturated rings. The van der Waals surface area contributed by atoms with Crippen molar-refractivity contribution in [2.75, 3.05) is 36.4 Å². The molecule has 3 rings (SSSR count). The minimum absolute atomic E-state index is 0.191. The summed E-state index contributed by atoms with van der Waals surface area (Å²) in [7, 11) is 0. The fraction of sp³-hybridized carbons (Fsp3) is 0.409. The van der Waals surface area contributed by atoms with Crippen molar-refractivity contribution in [1.29, 1.82) is 0 Å². The fourth-order valence-corrected chi connectivity index (χ4v) is 3.54. The van der Waals surface area contributed by atoms with E-state index in [1.54, 1.807) is 17.2 Å². The maximum Gasteiger partial charge on any atom is 0.410 e. The smallest absolute Gasteiger partial charge is 0.410 e. The van der Waals surface area contributed by atoms with E-state index in [2.05, 4.69) is 37.8 Å². The minimum Gasteiger partial charge on any atom is -0.444 e. The molecule has 7 nitrogen and oxygen atoms in total. The lowest BCUT2D eigenvalue weighted by Crippen LogP contribution is -2.50. The normalized spacial score (nSPS) is 14.4. The Kier molecular flexibility index (Phi) is 6.84. The van der Waals surface area contributed by atoms with Crippen molar-refractivity contribution in [3.05, 3.63) is 51.2 Å². The van der Waals surface area contributed by atoms with Crippen molar-refractivity contribution in [2.24, 2.45) is 0 Å². The predicted molar refractivity (Wildman–Crippen MR) is 126 cm³/mol. The Balaban J connectivity index is 1.56. The summed E-state index contributed by atoms with van der Waals surface area (Å²) in [6.45, 7) is 10.1. The highest BCUT2D eigenvalue weighted by Crippen LogP contribution is 2.19. The first kappa shape index (κ1) is 22.3. The van der Waals surface area contributed by atoms with Crippen LogP contribution in [-0.4, -0.2) is 53.7 Å². The van der Waals surface area contributed by atoms with Crippen molar-refractivity contribution in [2.45, 2.75) is 33.3 Å². The van der Waals surface area contributed by atoms with Gasteiger partial charge < -0.3 is 19.9 Å². The van der Waals surface area contributed by atoms with Gasteiger partial charge in [-0.3, -0.25) is 4.79 Å². The minimum atomic E-state index is -0.497. The number of pyridine rings is 1. The summed E-state index contributed by atoms with van der Waals surface area (Å²) in [6, 6.07) is 9.44. The number of nitrogens with one attached hydrogen (secondary N) is 1. The van der Waals surface area contributed by atoms with E-state index in [9.17, 15) is 9.59 Å². The number of hydrogen-bond acceptors (Lipinski definition) is 5. The van der Waals surface area contributed by atoms with E-state index in [-0.39, 0.29) is 12.0 Å². The van der Waals surface area contributed by atoms with Gasteiger partial charge in [0.1, 0.15) is 11.4 Å². The van der Waals surface area contributed by atoms with Gasteiger partial charge in [-0.25, -0.2) is 9.78 Å². The molecule has 1 aliphatic heterocycles. The average molecular weight is 522 g/mol. The van der Waals surface area contributed by atoms with E-state index in [1.165, 1.54) is 5.56 Å². The first-order chi connectivity index (χ1) is 14.1. The summed E-state index contributed by atoms with van der Waals surface area (Å²) < 4.78 is 6.53. The quantitative estimate of drug-likeness (QED) is 0.609. The second kappa shape index (κ2) is 9.20. The molecule has 30 heavy (non-hydrogen) atoms. The number of aromatic nitrogens is 1. The zero-order chi connectivity index (χ0) is 21.9. The Morgan fingerprint density at radius 2 is 1.80 bits per heavy atom. The summed E-state index contributed by atoms with van der Waals surface area (Å²) in [4.78, 5) is 33.0. The van der Waals surface area contributed by atoms with Crippen LogP contribution in [0.25, 0.3) is 0 Å². The van der Waals surface area contributed by atoms with E-state index >= 15 is 0 Å². The molecule has 0 saturated carbocycles. The molecule has 2 amide bonds. The highest BCUT2D eigenvalue weighted by Gasteiger charge is 2.26. The molecule has 0 radical (unpaired) electrons. The van der Waals surface area contributed by atoms with Gasteiger partial charge in [0, 0.05) is 41.6 Å². The molecule has 0 unspecified atom stereocenters. The average Bonchev–Trinajstić information content (AvgIpc) is 2.70. The summed E-state index contributed by atoms with van der Waals surface area (Å²) in [5.74, 6) is 0.601. The molecule has 8 heteroatoms. The van der Waals surface area contributed by atoms with E-state index in [0.717, 1.165) is 15.1 Å². The Labute approximate surface area is 190 Å². The molecular formula is C22H27IN4O3. The molecule has 1 saturated heterocycles. The molecule has 160 valence electrons. The number of piperazine rings is 1. The van der Waals surface area contributed by atoms with E-state index in [1.807, 2.05) is 52.0 Å². The second-order valence-electron chi connectivity index (χ2n) is 8.28. The number of halogens is 1. The molecule has 1 aromatic carbocycles. The Morgan fingerprint density at radius 3 is 2.37 bits per heavy atom. The van der Waals surface area contributed by atoms with E-state index < -0.39 is 5.60 Å². The molecule has 1 aliphatic rings. The van der Waals surface area contributed by atoms with E-state index in [4.69, 9.17) is 4.74 Å². The van der Waals surface area contributed by atoms with Gasteiger partial charge in [0.25, 0.3) is 5.91 Å². The van der Waals surface area contributed by atoms with Crippen LogP contribution in [0.2, 0.25) is 0 Å². The van der Waals surface area contributed by atoms with Crippen LogP contribution < -0.4 is 10.2 Å². The fourth-order valence-electron chi connectivity index (χ4n) is 3.03. The van der Waals surface area contributed by atoms with Gasteiger partial charge in [0.15, 0.2) is 0 Å². The molecule has 1 N–H and O–H groups in total. The van der Waals surface area contributed by atoms with Gasteiger partial charge in [-0.2, -0.15) is 0 Å². The molecule has 0 bridgehead atoms. The number of carbonyl (C=O) groups is 2. The first-order valence-electron chi connectivity index (χ1n) is 9.89. The third-order valence-electron chi connectivity index (χ3n) is 4.70. The van der Waals surface area contributed by atoms with Crippen LogP contribution in [0.15, 0.2) is 36.5 Å². The van der Waals surface area contributed by atoms with Crippen molar-refractivity contribution < 1.29 is 14.3 Å². The summed E-state index contributed by atoms with van der Waals surface area (Å²) in [6.07, 6.45) is 1.30. The molecule has 0 aliphatic carbocycles. The number of carbonyl (C=O) groups excluding carboxylic acids is 2. The lowest BCUT2D eigenvalue weighted by molar-refractivity contribution is 0.0240. The Bertz CT molecular complexity index is 917. The lowest BCUT2D eigenvalue weighted by atomic mass is 10.2. The highest BCUT2D eigenvalue weighted by molar-refractivity contribution is 14.1. The first-order valence-corrected chi connectivity index (χ1v) is 11.0. The molecule has 2 heterocycles. The zero-order valence-electron chi connectivity index (χ0n) is 17.7. The number of aryl methyl sites for hydroxylation is 1. The van der Waals surface area contributed by atoms with Crippen LogP contribution in [0.3, 0.4) is 0 Å². The van der Waals surface area contributed by atoms with Crippen molar-refractivity contribution in [3.63, 3.8) is 0 Å². The maximum atomic E-state index is 12.5. The van der Waals surface area contributed by atoms with Crippen LogP contribution in [0.1, 0.15) is 36.7 Å². The summed E-state index contributed by atoms with van der Waals surface area (Å²) >= 11 is 2.25. The van der Waals surface area contributed by atoms with Crippen LogP contribution >= 0.6 is 22.6 Å². The number of nitrogens with zero attached hydrogens (tertiary/aromatic N) is 3. The van der Waals surface area contributed by atoms with Crippen LogP contribution in [0.5, 0.6) is 0 Å². The predicted octanol–water partition coefficient (Wildman–Crippen LogP) is 4.30. The number of anilines is 2. The monoisotopic (exact) mass is 522 g/mol. The molecule has 0 atom stereocenters. The number of hydrogen-bond donors (Lipinski definition) is 1. The summed E-state index contributed by atoms with van der Waals surface area (Å²) in [5.41, 5.74) is 1.94. The van der Waals surface area contributed by atoms with Gasteiger partial charge in [-0.1, -0.05) is 6.07 Å². The van der Waals surface area contributed by atoms with E-state index in [0.29, 0.717) is 31.7 Å². The maximum absolute atomic E-state index is 12.5. The van der Waals surface area contributed by atoms with Crippen molar-refractivity contribution in [3.8, 4) is 0 Å². The topological polar surface area (TPSA) is 74.8 Å². The highest BCUT2D eigenvalue weighted by atomic mass is 127. The van der Waals surface area contributed by atoms with Gasteiger partial charge in [0.05, 0.1) is 5.56 Å². The third-order valence-corrected chi connectivity index (χ3v) is 5.86. The lowest BCUT2D eigenvalue weighted by Gasteiger charge is -2.36. The number of benzene rings is 1. The Hall–Kier alpha value is -2.36. The summed E-state index contributed by atoms with van der Waals surface area (Å²) in [5, 5.41) is 2.91. The number of rotatable bonds is 3.